The van der Waals surface area contributed by atoms with Crippen LogP contribution >= 0.6 is 0 Å². The Hall–Kier alpha value is -0.930. The zero-order valence-corrected chi connectivity index (χ0v) is 20.2. The van der Waals surface area contributed by atoms with Gasteiger partial charge in [-0.1, -0.05) is 0 Å². The van der Waals surface area contributed by atoms with Crippen molar-refractivity contribution in [3.05, 3.63) is 0 Å². The zero-order valence-electron chi connectivity index (χ0n) is 20.2. The van der Waals surface area contributed by atoms with E-state index in [9.17, 15) is 9.90 Å². The van der Waals surface area contributed by atoms with Crippen LogP contribution in [0.3, 0.4) is 0 Å². The summed E-state index contributed by atoms with van der Waals surface area (Å²) in [7, 11) is 1.88. The normalized spacial score (nSPS) is 38.1. The van der Waals surface area contributed by atoms with E-state index in [-0.39, 0.29) is 49.2 Å². The summed E-state index contributed by atoms with van der Waals surface area (Å²) in [4.78, 5) is 12.0. The largest absolute Gasteiger partial charge is 0.394 e. The van der Waals surface area contributed by atoms with Gasteiger partial charge < -0.3 is 57.4 Å². The quantitative estimate of drug-likeness (QED) is 0.159. The van der Waals surface area contributed by atoms with Crippen LogP contribution in [-0.4, -0.2) is 103 Å². The van der Waals surface area contributed by atoms with Gasteiger partial charge in [-0.25, -0.2) is 0 Å². The lowest BCUT2D eigenvalue weighted by Gasteiger charge is -2.34. The van der Waals surface area contributed by atoms with Gasteiger partial charge in [0.25, 0.3) is 0 Å². The molecule has 0 aromatic carbocycles. The van der Waals surface area contributed by atoms with Gasteiger partial charge in [0.1, 0.15) is 0 Å². The van der Waals surface area contributed by atoms with Gasteiger partial charge in [0, 0.05) is 37.9 Å². The fourth-order valence-electron chi connectivity index (χ4n) is 4.50. The molecule has 1 saturated carbocycles. The number of aliphatic hydroxyl groups excluding tert-OH is 3. The van der Waals surface area contributed by atoms with Crippen molar-refractivity contribution in [2.75, 3.05) is 26.7 Å². The van der Waals surface area contributed by atoms with Crippen LogP contribution in [0.5, 0.6) is 0 Å². The summed E-state index contributed by atoms with van der Waals surface area (Å²) in [5, 5.41) is 33.5. The van der Waals surface area contributed by atoms with Crippen molar-refractivity contribution in [3.8, 4) is 0 Å². The summed E-state index contributed by atoms with van der Waals surface area (Å²) in [5.74, 6) is 0.0792. The second-order valence-corrected chi connectivity index (χ2v) is 9.41. The number of nitrogens with one attached hydrogen (secondary N) is 2. The Morgan fingerprint density at radius 1 is 1.09 bits per heavy atom. The average molecular weight is 492 g/mol. The van der Waals surface area contributed by atoms with E-state index in [2.05, 4.69) is 10.6 Å². The summed E-state index contributed by atoms with van der Waals surface area (Å²) in [5.41, 5.74) is 16.8. The number of aliphatic hydroxyl groups is 3. The number of nitrogens with two attached hydrogens (primary N) is 3. The lowest BCUT2D eigenvalue weighted by atomic mass is 9.89. The highest BCUT2D eigenvalue weighted by Crippen LogP contribution is 2.27. The molecule has 200 valence electrons. The van der Waals surface area contributed by atoms with Gasteiger partial charge in [-0.15, -0.1) is 0 Å². The highest BCUT2D eigenvalue weighted by molar-refractivity contribution is 5.76. The first-order chi connectivity index (χ1) is 16.2. The van der Waals surface area contributed by atoms with E-state index in [0.717, 1.165) is 45.1 Å². The molecule has 12 heteroatoms. The van der Waals surface area contributed by atoms with Gasteiger partial charge in [0.2, 0.25) is 5.91 Å². The van der Waals surface area contributed by atoms with E-state index in [1.807, 2.05) is 7.05 Å². The van der Waals surface area contributed by atoms with Gasteiger partial charge in [-0.2, -0.15) is 0 Å². The van der Waals surface area contributed by atoms with Gasteiger partial charge in [0.15, 0.2) is 12.6 Å². The summed E-state index contributed by atoms with van der Waals surface area (Å²) >= 11 is 0. The van der Waals surface area contributed by atoms with E-state index < -0.39 is 18.4 Å². The molecule has 9 atom stereocenters. The van der Waals surface area contributed by atoms with Crippen LogP contribution < -0.4 is 27.8 Å². The van der Waals surface area contributed by atoms with Crippen LogP contribution in [-0.2, 0) is 19.0 Å². The molecule has 0 radical (unpaired) electrons. The van der Waals surface area contributed by atoms with E-state index in [0.29, 0.717) is 19.4 Å². The first-order valence-corrected chi connectivity index (χ1v) is 12.3. The molecule has 0 aromatic rings. The van der Waals surface area contributed by atoms with Crippen molar-refractivity contribution >= 4 is 5.91 Å². The van der Waals surface area contributed by atoms with Crippen molar-refractivity contribution in [2.45, 2.75) is 106 Å². The van der Waals surface area contributed by atoms with E-state index in [4.69, 9.17) is 41.6 Å². The number of amides is 1. The minimum Gasteiger partial charge on any atom is -0.394 e. The Bertz CT molecular complexity index is 578. The average Bonchev–Trinajstić information content (AvgIpc) is 3.24. The van der Waals surface area contributed by atoms with Crippen LogP contribution in [0.25, 0.3) is 0 Å². The summed E-state index contributed by atoms with van der Waals surface area (Å²) in [6.45, 7) is 1.17. The Balaban J connectivity index is 0.000000310. The lowest BCUT2D eigenvalue weighted by Crippen LogP contribution is -2.54. The number of carbonyl (C=O) groups excluding carboxylic acids is 1. The molecule has 3 rings (SSSR count). The van der Waals surface area contributed by atoms with Gasteiger partial charge in [-0.3, -0.25) is 4.79 Å². The second kappa shape index (κ2) is 15.2. The van der Waals surface area contributed by atoms with Crippen LogP contribution in [0, 0.1) is 0 Å². The van der Waals surface area contributed by atoms with Crippen LogP contribution in [0.15, 0.2) is 0 Å². The Kier molecular flexibility index (Phi) is 13.1. The monoisotopic (exact) mass is 491 g/mol. The minimum absolute atomic E-state index is 0.00352. The first kappa shape index (κ1) is 29.3. The van der Waals surface area contributed by atoms with Crippen molar-refractivity contribution in [3.63, 3.8) is 0 Å². The van der Waals surface area contributed by atoms with E-state index >= 15 is 0 Å². The molecule has 3 aliphatic rings. The molecule has 2 saturated heterocycles. The summed E-state index contributed by atoms with van der Waals surface area (Å²) in [6.07, 6.45) is 3.30. The maximum absolute atomic E-state index is 12.0. The molecule has 3 fully saturated rings. The molecule has 6 unspecified atom stereocenters. The van der Waals surface area contributed by atoms with Crippen molar-refractivity contribution < 1.29 is 34.3 Å². The predicted octanol–water partition coefficient (Wildman–Crippen LogP) is -2.39. The Morgan fingerprint density at radius 3 is 2.47 bits per heavy atom. The first-order valence-electron chi connectivity index (χ1n) is 12.3. The number of hydrogen-bond acceptors (Lipinski definition) is 11. The standard InChI is InChI=1S/C16H31N3O4.C6H14N2O3/c1-18-6-2-3-15(21)19-12-7-11(17)8-14(9-12)23-16-5-4-13(10-20)22-16;7-2-3-1-4(9)5(8)6(10)11-3/h11-14,16,18,20H,2-10,17H2,1H3,(H,19,21);3-6,9-10H,1-2,7-8H2/t;3-,4?,5-,6+/m.1/s1. The van der Waals surface area contributed by atoms with Gasteiger partial charge in [0.05, 0.1) is 37.1 Å². The third-order valence-corrected chi connectivity index (χ3v) is 6.39. The molecule has 0 aromatic heterocycles. The SMILES string of the molecule is CNCCCC(=O)NC1CC(N)CC(OC2CCC(CO)O2)C1.NC[C@H]1CC(O)[C@@H](N)[C@@H](O)O1. The van der Waals surface area contributed by atoms with Crippen molar-refractivity contribution in [1.29, 1.82) is 0 Å². The molecule has 0 bridgehead atoms. The summed E-state index contributed by atoms with van der Waals surface area (Å²) in [6, 6.07) is -0.606. The molecule has 11 N–H and O–H groups in total. The Morgan fingerprint density at radius 2 is 1.85 bits per heavy atom. The lowest BCUT2D eigenvalue weighted by molar-refractivity contribution is -0.197. The second-order valence-electron chi connectivity index (χ2n) is 9.41. The van der Waals surface area contributed by atoms with E-state index in [1.54, 1.807) is 0 Å². The molecule has 34 heavy (non-hydrogen) atoms. The summed E-state index contributed by atoms with van der Waals surface area (Å²) < 4.78 is 16.6. The van der Waals surface area contributed by atoms with Crippen LogP contribution in [0.4, 0.5) is 0 Å². The van der Waals surface area contributed by atoms with Crippen molar-refractivity contribution in [1.82, 2.24) is 10.6 Å². The van der Waals surface area contributed by atoms with Crippen LogP contribution in [0.1, 0.15) is 51.4 Å². The number of hydrogen-bond donors (Lipinski definition) is 8. The molecule has 2 aliphatic heterocycles. The maximum Gasteiger partial charge on any atom is 0.220 e. The highest BCUT2D eigenvalue weighted by Gasteiger charge is 2.34. The van der Waals surface area contributed by atoms with Crippen LogP contribution in [0.2, 0.25) is 0 Å². The minimum atomic E-state index is -1.09. The highest BCUT2D eigenvalue weighted by atomic mass is 16.7. The molecular formula is C22H45N5O7. The maximum atomic E-state index is 12.0. The number of rotatable bonds is 9. The van der Waals surface area contributed by atoms with Gasteiger partial charge >= 0.3 is 0 Å². The Labute approximate surface area is 201 Å². The third kappa shape index (κ3) is 9.97. The fourth-order valence-corrected chi connectivity index (χ4v) is 4.50. The van der Waals surface area contributed by atoms with Gasteiger partial charge in [-0.05, 0) is 45.7 Å². The molecular weight excluding hydrogens is 446 g/mol. The molecule has 12 nitrogen and oxygen atoms in total. The topological polar surface area (TPSA) is 208 Å². The predicted molar refractivity (Wildman–Crippen MR) is 125 cm³/mol. The molecule has 2 heterocycles. The molecule has 1 aliphatic carbocycles. The van der Waals surface area contributed by atoms with Crippen molar-refractivity contribution in [2.24, 2.45) is 17.2 Å². The fraction of sp³-hybridized carbons (Fsp3) is 0.955. The number of carbonyl (C=O) groups is 1. The third-order valence-electron chi connectivity index (χ3n) is 6.39. The number of ether oxygens (including phenoxy) is 3. The smallest absolute Gasteiger partial charge is 0.220 e. The zero-order chi connectivity index (χ0) is 25.1. The molecule has 1 amide bonds. The van der Waals surface area contributed by atoms with E-state index in [1.165, 1.54) is 0 Å². The molecule has 0 spiro atoms.